The number of carbonyl (C=O) groups excluding carboxylic acids is 1. The maximum atomic E-state index is 12.7. The van der Waals surface area contributed by atoms with Crippen molar-refractivity contribution >= 4 is 5.91 Å². The van der Waals surface area contributed by atoms with Crippen LogP contribution in [0.15, 0.2) is 12.3 Å². The minimum atomic E-state index is -2.83. The van der Waals surface area contributed by atoms with Gasteiger partial charge in [0.05, 0.1) is 0 Å². The van der Waals surface area contributed by atoms with Gasteiger partial charge in [-0.3, -0.25) is 4.79 Å². The lowest BCUT2D eigenvalue weighted by atomic mass is 9.92. The third-order valence-corrected chi connectivity index (χ3v) is 3.53. The van der Waals surface area contributed by atoms with E-state index < -0.39 is 17.9 Å². The minimum absolute atomic E-state index is 0.00860. The van der Waals surface area contributed by atoms with Gasteiger partial charge in [-0.15, -0.1) is 0 Å². The van der Waals surface area contributed by atoms with Crippen LogP contribution in [0.3, 0.4) is 0 Å². The molecular weight excluding hydrogens is 270 g/mol. The van der Waals surface area contributed by atoms with E-state index in [1.165, 1.54) is 17.2 Å². The first-order chi connectivity index (χ1) is 9.33. The number of aliphatic hydroxyl groups is 1. The number of alkyl halides is 2. The molecule has 0 radical (unpaired) electrons. The zero-order valence-corrected chi connectivity index (χ0v) is 11.0. The van der Waals surface area contributed by atoms with Crippen molar-refractivity contribution < 1.29 is 23.8 Å². The normalized spacial score (nSPS) is 18.4. The van der Waals surface area contributed by atoms with E-state index in [-0.39, 0.29) is 37.4 Å². The highest BCUT2D eigenvalue weighted by Crippen LogP contribution is 2.29. The molecule has 20 heavy (non-hydrogen) atoms. The molecule has 110 valence electrons. The number of likely N-dealkylation sites (tertiary alicyclic amines) is 1. The van der Waals surface area contributed by atoms with Crippen molar-refractivity contribution in [2.24, 2.45) is 0 Å². The Morgan fingerprint density at radius 3 is 2.55 bits per heavy atom. The van der Waals surface area contributed by atoms with Gasteiger partial charge in [-0.25, -0.2) is 13.8 Å². The molecule has 2 heterocycles. The van der Waals surface area contributed by atoms with Crippen LogP contribution >= 0.6 is 0 Å². The Bertz CT molecular complexity index is 514. The number of hydrogen-bond acceptors (Lipinski definition) is 4. The predicted octanol–water partition coefficient (Wildman–Crippen LogP) is 1.33. The van der Waals surface area contributed by atoms with Crippen molar-refractivity contribution in [3.8, 4) is 5.75 Å². The van der Waals surface area contributed by atoms with Gasteiger partial charge in [0, 0.05) is 19.3 Å². The van der Waals surface area contributed by atoms with Crippen molar-refractivity contribution in [3.63, 3.8) is 0 Å². The Morgan fingerprint density at radius 1 is 1.45 bits per heavy atom. The van der Waals surface area contributed by atoms with E-state index in [4.69, 9.17) is 0 Å². The number of amides is 1. The van der Waals surface area contributed by atoms with Crippen LogP contribution in [0, 0.1) is 6.92 Å². The number of aromatic nitrogens is 1. The number of pyridine rings is 1. The molecule has 1 amide bonds. The highest BCUT2D eigenvalue weighted by atomic mass is 19.3. The summed E-state index contributed by atoms with van der Waals surface area (Å²) in [6.07, 6.45) is -1.76. The molecule has 1 aromatic rings. The first-order valence-corrected chi connectivity index (χ1v) is 6.29. The van der Waals surface area contributed by atoms with Crippen molar-refractivity contribution in [2.45, 2.75) is 31.8 Å². The van der Waals surface area contributed by atoms with E-state index in [2.05, 4.69) is 4.98 Å². The molecule has 5 nitrogen and oxygen atoms in total. The predicted molar refractivity (Wildman–Crippen MR) is 66.7 cm³/mol. The lowest BCUT2D eigenvalue weighted by Crippen LogP contribution is -2.50. The molecule has 1 aliphatic rings. The quantitative estimate of drug-likeness (QED) is 0.860. The molecule has 2 rings (SSSR count). The van der Waals surface area contributed by atoms with E-state index in [1.54, 1.807) is 6.92 Å². The molecule has 0 aliphatic carbocycles. The standard InChI is InChI=1S/C13H16F2N2O3/c1-8-6-9(18)10(16-7-8)11(19)17-4-2-13(20,3-5-17)12(14)15/h6-7,12,18,20H,2-5H2,1H3. The van der Waals surface area contributed by atoms with Gasteiger partial charge in [-0.1, -0.05) is 0 Å². The van der Waals surface area contributed by atoms with Gasteiger partial charge in [0.1, 0.15) is 11.4 Å². The third kappa shape index (κ3) is 2.72. The maximum absolute atomic E-state index is 12.7. The molecule has 1 aliphatic heterocycles. The summed E-state index contributed by atoms with van der Waals surface area (Å²) in [6.45, 7) is 1.74. The number of nitrogens with zero attached hydrogens (tertiary/aromatic N) is 2. The summed E-state index contributed by atoms with van der Waals surface area (Å²) in [6, 6.07) is 1.42. The Labute approximate surface area is 114 Å². The fraction of sp³-hybridized carbons (Fsp3) is 0.538. The molecular formula is C13H16F2N2O3. The van der Waals surface area contributed by atoms with Crippen molar-refractivity contribution in [3.05, 3.63) is 23.5 Å². The lowest BCUT2D eigenvalue weighted by molar-refractivity contribution is -0.122. The van der Waals surface area contributed by atoms with Crippen LogP contribution in [-0.4, -0.2) is 51.1 Å². The number of carbonyl (C=O) groups is 1. The second-order valence-electron chi connectivity index (χ2n) is 5.08. The summed E-state index contributed by atoms with van der Waals surface area (Å²) in [5.74, 6) is -0.747. The first-order valence-electron chi connectivity index (χ1n) is 6.29. The van der Waals surface area contributed by atoms with Crippen LogP contribution < -0.4 is 0 Å². The second kappa shape index (κ2) is 5.32. The molecule has 0 bridgehead atoms. The molecule has 1 aromatic heterocycles. The highest BCUT2D eigenvalue weighted by molar-refractivity contribution is 5.94. The Hall–Kier alpha value is -1.76. The van der Waals surface area contributed by atoms with E-state index in [9.17, 15) is 23.8 Å². The zero-order valence-electron chi connectivity index (χ0n) is 11.0. The number of piperidine rings is 1. The molecule has 0 aromatic carbocycles. The maximum Gasteiger partial charge on any atom is 0.276 e. The van der Waals surface area contributed by atoms with Gasteiger partial charge in [-0.2, -0.15) is 0 Å². The topological polar surface area (TPSA) is 73.7 Å². The Kier molecular flexibility index (Phi) is 3.89. The van der Waals surface area contributed by atoms with Crippen LogP contribution in [0.25, 0.3) is 0 Å². The average Bonchev–Trinajstić information content (AvgIpc) is 2.38. The molecule has 0 saturated carbocycles. The molecule has 0 atom stereocenters. The van der Waals surface area contributed by atoms with Crippen molar-refractivity contribution in [1.29, 1.82) is 0 Å². The van der Waals surface area contributed by atoms with E-state index in [1.807, 2.05) is 0 Å². The first kappa shape index (κ1) is 14.6. The number of aromatic hydroxyl groups is 1. The number of halogens is 2. The van der Waals surface area contributed by atoms with E-state index in [0.29, 0.717) is 5.56 Å². The lowest BCUT2D eigenvalue weighted by Gasteiger charge is -2.37. The zero-order chi connectivity index (χ0) is 14.9. The molecule has 1 fully saturated rings. The Morgan fingerprint density at radius 2 is 2.05 bits per heavy atom. The molecule has 1 saturated heterocycles. The van der Waals surface area contributed by atoms with Crippen LogP contribution in [0.1, 0.15) is 28.9 Å². The van der Waals surface area contributed by atoms with Gasteiger partial charge in [-0.05, 0) is 31.4 Å². The van der Waals surface area contributed by atoms with Gasteiger partial charge < -0.3 is 15.1 Å². The molecule has 0 spiro atoms. The van der Waals surface area contributed by atoms with Gasteiger partial charge >= 0.3 is 0 Å². The minimum Gasteiger partial charge on any atom is -0.505 e. The third-order valence-electron chi connectivity index (χ3n) is 3.53. The average molecular weight is 286 g/mol. The molecule has 0 unspecified atom stereocenters. The summed E-state index contributed by atoms with van der Waals surface area (Å²) in [4.78, 5) is 17.3. The number of aryl methyl sites for hydroxylation is 1. The summed E-state index contributed by atoms with van der Waals surface area (Å²) in [5.41, 5.74) is -1.41. The number of rotatable bonds is 2. The van der Waals surface area contributed by atoms with E-state index in [0.717, 1.165) is 0 Å². The molecule has 7 heteroatoms. The summed E-state index contributed by atoms with van der Waals surface area (Å²) < 4.78 is 25.3. The summed E-state index contributed by atoms with van der Waals surface area (Å²) >= 11 is 0. The van der Waals surface area contributed by atoms with Gasteiger partial charge in [0.15, 0.2) is 5.69 Å². The SMILES string of the molecule is Cc1cnc(C(=O)N2CCC(O)(C(F)F)CC2)c(O)c1. The number of hydrogen-bond donors (Lipinski definition) is 2. The molecule has 2 N–H and O–H groups in total. The summed E-state index contributed by atoms with van der Waals surface area (Å²) in [5, 5.41) is 19.4. The summed E-state index contributed by atoms with van der Waals surface area (Å²) in [7, 11) is 0. The Balaban J connectivity index is 2.09. The second-order valence-corrected chi connectivity index (χ2v) is 5.08. The van der Waals surface area contributed by atoms with Crippen LogP contribution in [0.2, 0.25) is 0 Å². The van der Waals surface area contributed by atoms with Gasteiger partial charge in [0.25, 0.3) is 12.3 Å². The van der Waals surface area contributed by atoms with Crippen LogP contribution in [0.4, 0.5) is 8.78 Å². The smallest absolute Gasteiger partial charge is 0.276 e. The fourth-order valence-electron chi connectivity index (χ4n) is 2.18. The largest absolute Gasteiger partial charge is 0.505 e. The van der Waals surface area contributed by atoms with Crippen molar-refractivity contribution in [1.82, 2.24) is 9.88 Å². The monoisotopic (exact) mass is 286 g/mol. The van der Waals surface area contributed by atoms with Crippen LogP contribution in [-0.2, 0) is 0 Å². The highest BCUT2D eigenvalue weighted by Gasteiger charge is 2.42. The van der Waals surface area contributed by atoms with E-state index >= 15 is 0 Å². The fourth-order valence-corrected chi connectivity index (χ4v) is 2.18. The van der Waals surface area contributed by atoms with Crippen molar-refractivity contribution in [2.75, 3.05) is 13.1 Å². The van der Waals surface area contributed by atoms with Gasteiger partial charge in [0.2, 0.25) is 0 Å². The van der Waals surface area contributed by atoms with Crippen LogP contribution in [0.5, 0.6) is 5.75 Å².